The molecule has 2 N–H and O–H groups in total. The molecule has 144 valence electrons. The number of nitrogens with one attached hydrogen (secondary N) is 2. The van der Waals surface area contributed by atoms with Gasteiger partial charge < -0.3 is 10.6 Å². The number of benzene rings is 2. The van der Waals surface area contributed by atoms with Crippen LogP contribution in [0.4, 0.5) is 10.2 Å². The molecule has 0 fully saturated rings. The van der Waals surface area contributed by atoms with Gasteiger partial charge in [-0.15, -0.1) is 0 Å². The molecule has 4 nitrogen and oxygen atoms in total. The van der Waals surface area contributed by atoms with Gasteiger partial charge in [0.05, 0.1) is 0 Å². The van der Waals surface area contributed by atoms with Crippen molar-refractivity contribution in [1.82, 2.24) is 10.3 Å². The third kappa shape index (κ3) is 5.79. The molecule has 0 saturated heterocycles. The zero-order valence-corrected chi connectivity index (χ0v) is 16.0. The predicted octanol–water partition coefficient (Wildman–Crippen LogP) is 4.50. The van der Waals surface area contributed by atoms with Crippen molar-refractivity contribution in [3.05, 3.63) is 94.4 Å². The van der Waals surface area contributed by atoms with E-state index < -0.39 is 0 Å². The summed E-state index contributed by atoms with van der Waals surface area (Å²) in [6, 6.07) is 17.6. The number of pyridine rings is 1. The Bertz CT molecular complexity index is 931. The topological polar surface area (TPSA) is 54.0 Å². The molecule has 0 aliphatic carbocycles. The van der Waals surface area contributed by atoms with Crippen LogP contribution in [0, 0.1) is 5.82 Å². The highest BCUT2D eigenvalue weighted by molar-refractivity contribution is 6.30. The van der Waals surface area contributed by atoms with Crippen LogP contribution in [0.3, 0.4) is 0 Å². The summed E-state index contributed by atoms with van der Waals surface area (Å²) in [5.41, 5.74) is 2.26. The summed E-state index contributed by atoms with van der Waals surface area (Å²) in [6.45, 7) is 1.05. The average Bonchev–Trinajstić information content (AvgIpc) is 2.71. The van der Waals surface area contributed by atoms with E-state index in [9.17, 15) is 9.18 Å². The maximum Gasteiger partial charge on any atom is 0.251 e. The number of rotatable bonds is 8. The van der Waals surface area contributed by atoms with Gasteiger partial charge >= 0.3 is 0 Å². The quantitative estimate of drug-likeness (QED) is 0.588. The number of carbonyl (C=O) groups is 1. The summed E-state index contributed by atoms with van der Waals surface area (Å²) >= 11 is 5.89. The summed E-state index contributed by atoms with van der Waals surface area (Å²) < 4.78 is 13.6. The van der Waals surface area contributed by atoms with Gasteiger partial charge in [0.25, 0.3) is 5.91 Å². The minimum Gasteiger partial charge on any atom is -0.370 e. The van der Waals surface area contributed by atoms with Crippen molar-refractivity contribution in [3.63, 3.8) is 0 Å². The Morgan fingerprint density at radius 3 is 2.57 bits per heavy atom. The molecule has 28 heavy (non-hydrogen) atoms. The van der Waals surface area contributed by atoms with Crippen LogP contribution in [0.15, 0.2) is 66.9 Å². The van der Waals surface area contributed by atoms with Gasteiger partial charge in [-0.25, -0.2) is 9.37 Å². The second-order valence-corrected chi connectivity index (χ2v) is 6.77. The van der Waals surface area contributed by atoms with Crippen molar-refractivity contribution in [2.45, 2.75) is 12.8 Å². The third-order valence-electron chi connectivity index (χ3n) is 4.29. The minimum absolute atomic E-state index is 0.209. The highest BCUT2D eigenvalue weighted by Gasteiger charge is 2.07. The molecule has 6 heteroatoms. The van der Waals surface area contributed by atoms with E-state index >= 15 is 0 Å². The lowest BCUT2D eigenvalue weighted by Crippen LogP contribution is -2.26. The summed E-state index contributed by atoms with van der Waals surface area (Å²) in [6.07, 6.45) is 2.85. The molecule has 0 unspecified atom stereocenters. The van der Waals surface area contributed by atoms with Crippen LogP contribution in [0.2, 0.25) is 5.02 Å². The summed E-state index contributed by atoms with van der Waals surface area (Å²) in [7, 11) is 0. The first-order chi connectivity index (χ1) is 13.6. The standard InChI is InChI=1S/C22H21ClFN3O/c23-19-7-5-16(6-8-19)9-12-25-21-15-18(11-13-26-21)22(28)27-14-10-17-3-1-2-4-20(17)24/h1-8,11,13,15H,9-10,12,14H2,(H,25,26)(H,27,28). The van der Waals surface area contributed by atoms with Gasteiger partial charge in [-0.1, -0.05) is 41.9 Å². The Kier molecular flexibility index (Phi) is 6.98. The van der Waals surface area contributed by atoms with Crippen LogP contribution in [0.5, 0.6) is 0 Å². The van der Waals surface area contributed by atoms with E-state index in [0.717, 1.165) is 6.42 Å². The molecule has 3 rings (SSSR count). The molecule has 1 heterocycles. The van der Waals surface area contributed by atoms with E-state index in [1.54, 1.807) is 36.5 Å². The summed E-state index contributed by atoms with van der Waals surface area (Å²) in [4.78, 5) is 16.6. The molecule has 0 atom stereocenters. The molecule has 3 aromatic rings. The number of hydrogen-bond acceptors (Lipinski definition) is 3. The van der Waals surface area contributed by atoms with E-state index in [-0.39, 0.29) is 11.7 Å². The Balaban J connectivity index is 1.48. The van der Waals surface area contributed by atoms with Crippen molar-refractivity contribution < 1.29 is 9.18 Å². The van der Waals surface area contributed by atoms with Crippen LogP contribution in [-0.2, 0) is 12.8 Å². The SMILES string of the molecule is O=C(NCCc1ccccc1F)c1ccnc(NCCc2ccc(Cl)cc2)c1. The Hall–Kier alpha value is -2.92. The predicted molar refractivity (Wildman–Crippen MR) is 110 cm³/mol. The van der Waals surface area contributed by atoms with Crippen LogP contribution < -0.4 is 10.6 Å². The van der Waals surface area contributed by atoms with E-state index in [4.69, 9.17) is 11.6 Å². The fraction of sp³-hybridized carbons (Fsp3) is 0.182. The number of anilines is 1. The average molecular weight is 398 g/mol. The summed E-state index contributed by atoms with van der Waals surface area (Å²) in [5, 5.41) is 6.75. The summed E-state index contributed by atoms with van der Waals surface area (Å²) in [5.74, 6) is 0.169. The number of halogens is 2. The van der Waals surface area contributed by atoms with Crippen LogP contribution >= 0.6 is 11.6 Å². The van der Waals surface area contributed by atoms with Crippen molar-refractivity contribution in [2.24, 2.45) is 0 Å². The van der Waals surface area contributed by atoms with E-state index in [2.05, 4.69) is 15.6 Å². The minimum atomic E-state index is -0.257. The lowest BCUT2D eigenvalue weighted by atomic mass is 10.1. The van der Waals surface area contributed by atoms with Crippen LogP contribution in [0.1, 0.15) is 21.5 Å². The first-order valence-corrected chi connectivity index (χ1v) is 9.45. The van der Waals surface area contributed by atoms with E-state index in [0.29, 0.717) is 41.5 Å². The molecule has 0 aliphatic rings. The smallest absolute Gasteiger partial charge is 0.251 e. The number of aromatic nitrogens is 1. The lowest BCUT2D eigenvalue weighted by Gasteiger charge is -2.09. The molecule has 0 bridgehead atoms. The molecule has 0 saturated carbocycles. The first kappa shape index (κ1) is 19.8. The molecule has 0 aliphatic heterocycles. The molecular formula is C22H21ClFN3O. The Morgan fingerprint density at radius 2 is 1.79 bits per heavy atom. The Labute approximate surface area is 168 Å². The zero-order valence-electron chi connectivity index (χ0n) is 15.3. The second-order valence-electron chi connectivity index (χ2n) is 6.33. The molecule has 1 amide bonds. The normalized spacial score (nSPS) is 10.5. The lowest BCUT2D eigenvalue weighted by molar-refractivity contribution is 0.0954. The van der Waals surface area contributed by atoms with Gasteiger partial charge in [0, 0.05) is 29.9 Å². The van der Waals surface area contributed by atoms with Gasteiger partial charge in [-0.2, -0.15) is 0 Å². The zero-order chi connectivity index (χ0) is 19.8. The molecule has 2 aromatic carbocycles. The molecule has 1 aromatic heterocycles. The number of amides is 1. The van der Waals surface area contributed by atoms with Crippen molar-refractivity contribution in [1.29, 1.82) is 0 Å². The van der Waals surface area contributed by atoms with E-state index in [1.807, 2.05) is 24.3 Å². The van der Waals surface area contributed by atoms with Gasteiger partial charge in [0.15, 0.2) is 0 Å². The van der Waals surface area contributed by atoms with E-state index in [1.165, 1.54) is 11.6 Å². The van der Waals surface area contributed by atoms with Gasteiger partial charge in [0.2, 0.25) is 0 Å². The van der Waals surface area contributed by atoms with Gasteiger partial charge in [0.1, 0.15) is 11.6 Å². The van der Waals surface area contributed by atoms with Gasteiger partial charge in [-0.3, -0.25) is 4.79 Å². The highest BCUT2D eigenvalue weighted by Crippen LogP contribution is 2.11. The van der Waals surface area contributed by atoms with Crippen LogP contribution in [-0.4, -0.2) is 24.0 Å². The van der Waals surface area contributed by atoms with Crippen molar-refractivity contribution in [3.8, 4) is 0 Å². The van der Waals surface area contributed by atoms with Crippen molar-refractivity contribution in [2.75, 3.05) is 18.4 Å². The maximum atomic E-state index is 13.6. The Morgan fingerprint density at radius 1 is 1.00 bits per heavy atom. The third-order valence-corrected chi connectivity index (χ3v) is 4.54. The number of nitrogens with zero attached hydrogens (tertiary/aromatic N) is 1. The first-order valence-electron chi connectivity index (χ1n) is 9.08. The second kappa shape index (κ2) is 9.85. The monoisotopic (exact) mass is 397 g/mol. The molecular weight excluding hydrogens is 377 g/mol. The maximum absolute atomic E-state index is 13.6. The number of hydrogen-bond donors (Lipinski definition) is 2. The largest absolute Gasteiger partial charge is 0.370 e. The molecule has 0 spiro atoms. The molecule has 0 radical (unpaired) electrons. The van der Waals surface area contributed by atoms with Gasteiger partial charge in [-0.05, 0) is 54.3 Å². The van der Waals surface area contributed by atoms with Crippen molar-refractivity contribution >= 4 is 23.3 Å². The number of carbonyl (C=O) groups excluding carboxylic acids is 1. The fourth-order valence-corrected chi connectivity index (χ4v) is 2.89. The fourth-order valence-electron chi connectivity index (χ4n) is 2.77. The highest BCUT2D eigenvalue weighted by atomic mass is 35.5. The van der Waals surface area contributed by atoms with Crippen LogP contribution in [0.25, 0.3) is 0 Å².